The summed E-state index contributed by atoms with van der Waals surface area (Å²) in [7, 11) is -3.16. The van der Waals surface area contributed by atoms with E-state index in [2.05, 4.69) is 24.6 Å². The van der Waals surface area contributed by atoms with Gasteiger partial charge in [0, 0.05) is 13.2 Å². The van der Waals surface area contributed by atoms with Gasteiger partial charge < -0.3 is 8.85 Å². The summed E-state index contributed by atoms with van der Waals surface area (Å²) < 4.78 is 11.7. The topological polar surface area (TPSA) is 18.5 Å². The molecule has 0 aromatic heterocycles. The van der Waals surface area contributed by atoms with Crippen LogP contribution in [-0.2, 0) is 8.85 Å². The molecule has 14 heavy (non-hydrogen) atoms. The molecule has 0 aromatic rings. The van der Waals surface area contributed by atoms with Gasteiger partial charge in [0.05, 0.1) is 0 Å². The smallest absolute Gasteiger partial charge is 0.216 e. The third kappa shape index (κ3) is 2.08. The molecule has 1 aliphatic rings. The maximum absolute atomic E-state index is 5.85. The van der Waals surface area contributed by atoms with Gasteiger partial charge in [-0.25, -0.2) is 0 Å². The van der Waals surface area contributed by atoms with E-state index in [-0.39, 0.29) is 0 Å². The Hall–Kier alpha value is -0.166. The van der Waals surface area contributed by atoms with Gasteiger partial charge >= 0.3 is 0 Å². The zero-order valence-electron chi connectivity index (χ0n) is 9.21. The second-order valence-corrected chi connectivity index (χ2v) is 12.2. The van der Waals surface area contributed by atoms with Crippen molar-refractivity contribution < 1.29 is 8.85 Å². The summed E-state index contributed by atoms with van der Waals surface area (Å²) in [6, 6.07) is 0. The molecule has 0 amide bonds. The normalized spacial score (nSPS) is 36.1. The van der Waals surface area contributed by atoms with Crippen molar-refractivity contribution >= 4 is 16.6 Å². The Kier molecular flexibility index (Phi) is 3.89. The van der Waals surface area contributed by atoms with Crippen LogP contribution in [0.5, 0.6) is 0 Å². The highest BCUT2D eigenvalue weighted by atomic mass is 28.5. The van der Waals surface area contributed by atoms with E-state index in [1.54, 1.807) is 0 Å². The van der Waals surface area contributed by atoms with Gasteiger partial charge in [-0.3, -0.25) is 0 Å². The van der Waals surface area contributed by atoms with E-state index >= 15 is 0 Å². The number of rotatable bonds is 6. The maximum Gasteiger partial charge on any atom is 0.216 e. The van der Waals surface area contributed by atoms with Crippen LogP contribution in [0.1, 0.15) is 13.8 Å². The van der Waals surface area contributed by atoms with E-state index in [0.717, 1.165) is 24.5 Å². The SMILES string of the molecule is C=C[Si]1(OCC)C[Si](C=C)(OCC)C1. The Morgan fingerprint density at radius 1 is 1.00 bits per heavy atom. The minimum Gasteiger partial charge on any atom is -0.414 e. The summed E-state index contributed by atoms with van der Waals surface area (Å²) in [4.78, 5) is 0. The molecule has 1 rings (SSSR count). The third-order valence-corrected chi connectivity index (χ3v) is 15.6. The Morgan fingerprint density at radius 2 is 1.36 bits per heavy atom. The molecule has 0 radical (unpaired) electrons. The minimum atomic E-state index is -1.58. The summed E-state index contributed by atoms with van der Waals surface area (Å²) in [5.74, 6) is 0. The van der Waals surface area contributed by atoms with Crippen LogP contribution in [0.2, 0.25) is 11.3 Å². The molecule has 1 heterocycles. The lowest BCUT2D eigenvalue weighted by molar-refractivity contribution is 0.298. The molecule has 0 saturated carbocycles. The summed E-state index contributed by atoms with van der Waals surface area (Å²) in [5, 5.41) is 0. The Balaban J connectivity index is 2.59. The standard InChI is InChI=1S/C10H20O2Si2/c1-5-11-13(7-3)9-14(8-4,10-13)12-6-2/h7-8H,3-6,9-10H2,1-2H3. The molecular formula is C10H20O2Si2. The fourth-order valence-corrected chi connectivity index (χ4v) is 15.2. The van der Waals surface area contributed by atoms with Crippen LogP contribution in [0.25, 0.3) is 0 Å². The lowest BCUT2D eigenvalue weighted by Crippen LogP contribution is -2.64. The van der Waals surface area contributed by atoms with Gasteiger partial charge in [-0.1, -0.05) is 11.4 Å². The minimum absolute atomic E-state index is 0.798. The average molecular weight is 228 g/mol. The van der Waals surface area contributed by atoms with E-state index in [0.29, 0.717) is 0 Å². The quantitative estimate of drug-likeness (QED) is 0.650. The van der Waals surface area contributed by atoms with Crippen LogP contribution in [0, 0.1) is 0 Å². The summed E-state index contributed by atoms with van der Waals surface area (Å²) >= 11 is 0. The Labute approximate surface area is 88.9 Å². The van der Waals surface area contributed by atoms with Crippen molar-refractivity contribution in [2.45, 2.75) is 25.2 Å². The van der Waals surface area contributed by atoms with Crippen LogP contribution < -0.4 is 0 Å². The van der Waals surface area contributed by atoms with E-state index in [1.807, 2.05) is 13.8 Å². The number of hydrogen-bond donors (Lipinski definition) is 0. The van der Waals surface area contributed by atoms with Crippen molar-refractivity contribution in [2.24, 2.45) is 0 Å². The molecule has 0 aromatic carbocycles. The molecule has 1 fully saturated rings. The number of hydrogen-bond acceptors (Lipinski definition) is 2. The molecule has 0 aliphatic carbocycles. The first-order valence-electron chi connectivity index (χ1n) is 5.21. The van der Waals surface area contributed by atoms with Crippen LogP contribution in [0.4, 0.5) is 0 Å². The molecule has 4 heteroatoms. The molecule has 0 atom stereocenters. The monoisotopic (exact) mass is 228 g/mol. The van der Waals surface area contributed by atoms with Gasteiger partial charge in [0.2, 0.25) is 16.6 Å². The predicted octanol–water partition coefficient (Wildman–Crippen LogP) is 2.49. The van der Waals surface area contributed by atoms with E-state index in [1.165, 1.54) is 0 Å². The first-order valence-corrected chi connectivity index (χ1v) is 10.0. The second-order valence-electron chi connectivity index (χ2n) is 3.76. The molecule has 0 unspecified atom stereocenters. The highest BCUT2D eigenvalue weighted by Gasteiger charge is 2.58. The van der Waals surface area contributed by atoms with Gasteiger partial charge in [0.15, 0.2) is 0 Å². The predicted molar refractivity (Wildman–Crippen MR) is 64.8 cm³/mol. The van der Waals surface area contributed by atoms with Gasteiger partial charge in [0.1, 0.15) is 0 Å². The third-order valence-electron chi connectivity index (χ3n) is 2.80. The fourth-order valence-electron chi connectivity index (χ4n) is 2.15. The summed E-state index contributed by atoms with van der Waals surface area (Å²) in [5.41, 5.74) is 6.36. The Bertz CT molecular complexity index is 200. The fraction of sp³-hybridized carbons (Fsp3) is 0.600. The molecule has 80 valence electrons. The van der Waals surface area contributed by atoms with Gasteiger partial charge in [-0.15, -0.1) is 13.2 Å². The van der Waals surface area contributed by atoms with Crippen LogP contribution in [0.15, 0.2) is 24.6 Å². The van der Waals surface area contributed by atoms with E-state index in [9.17, 15) is 0 Å². The highest BCUT2D eigenvalue weighted by molar-refractivity contribution is 7.12. The van der Waals surface area contributed by atoms with Gasteiger partial charge in [0.25, 0.3) is 0 Å². The van der Waals surface area contributed by atoms with Gasteiger partial charge in [-0.2, -0.15) is 0 Å². The van der Waals surface area contributed by atoms with Crippen LogP contribution in [0.3, 0.4) is 0 Å². The van der Waals surface area contributed by atoms with Crippen LogP contribution in [-0.4, -0.2) is 29.8 Å². The molecule has 1 aliphatic heterocycles. The molecule has 0 bridgehead atoms. The van der Waals surface area contributed by atoms with Crippen molar-refractivity contribution in [1.29, 1.82) is 0 Å². The van der Waals surface area contributed by atoms with Crippen molar-refractivity contribution in [1.82, 2.24) is 0 Å². The Morgan fingerprint density at radius 3 is 1.57 bits per heavy atom. The average Bonchev–Trinajstić information content (AvgIpc) is 2.14. The first-order chi connectivity index (χ1) is 6.66. The largest absolute Gasteiger partial charge is 0.414 e. The molecular weight excluding hydrogens is 208 g/mol. The zero-order chi connectivity index (χ0) is 10.7. The molecule has 1 saturated heterocycles. The van der Waals surface area contributed by atoms with Crippen molar-refractivity contribution in [2.75, 3.05) is 13.2 Å². The molecule has 2 nitrogen and oxygen atoms in total. The van der Waals surface area contributed by atoms with Gasteiger partial charge in [-0.05, 0) is 25.2 Å². The van der Waals surface area contributed by atoms with E-state index in [4.69, 9.17) is 8.85 Å². The highest BCUT2D eigenvalue weighted by Crippen LogP contribution is 2.42. The summed E-state index contributed by atoms with van der Waals surface area (Å²) in [6.07, 6.45) is 0. The van der Waals surface area contributed by atoms with Crippen molar-refractivity contribution in [3.8, 4) is 0 Å². The summed E-state index contributed by atoms with van der Waals surface area (Å²) in [6.45, 7) is 13.5. The maximum atomic E-state index is 5.85. The first kappa shape index (κ1) is 11.9. The van der Waals surface area contributed by atoms with Crippen molar-refractivity contribution in [3.63, 3.8) is 0 Å². The zero-order valence-corrected chi connectivity index (χ0v) is 11.2. The molecule has 0 N–H and O–H groups in total. The van der Waals surface area contributed by atoms with Crippen LogP contribution >= 0.6 is 0 Å². The lowest BCUT2D eigenvalue weighted by Gasteiger charge is -2.48. The van der Waals surface area contributed by atoms with E-state index < -0.39 is 16.6 Å². The second kappa shape index (κ2) is 4.57. The lowest BCUT2D eigenvalue weighted by atomic mass is 10.9. The molecule has 0 spiro atoms. The van der Waals surface area contributed by atoms with Crippen molar-refractivity contribution in [3.05, 3.63) is 24.6 Å².